The van der Waals surface area contributed by atoms with Gasteiger partial charge in [0.05, 0.1) is 13.2 Å². The number of ether oxygens (including phenoxy) is 1. The lowest BCUT2D eigenvalue weighted by atomic mass is 9.74. The monoisotopic (exact) mass is 431 g/mol. The van der Waals surface area contributed by atoms with Gasteiger partial charge in [-0.1, -0.05) is 42.4 Å². The third kappa shape index (κ3) is 3.74. The summed E-state index contributed by atoms with van der Waals surface area (Å²) in [7, 11) is 1.65. The van der Waals surface area contributed by atoms with Crippen molar-refractivity contribution in [1.29, 1.82) is 0 Å². The molecule has 1 spiro atoms. The molecule has 6 heteroatoms. The van der Waals surface area contributed by atoms with E-state index in [-0.39, 0.29) is 11.5 Å². The van der Waals surface area contributed by atoms with Gasteiger partial charge in [-0.3, -0.25) is 0 Å². The third-order valence-electron chi connectivity index (χ3n) is 6.87. The van der Waals surface area contributed by atoms with Gasteiger partial charge in [-0.05, 0) is 67.7 Å². The molecule has 2 aliphatic rings. The Hall–Kier alpha value is -2.96. The second kappa shape index (κ2) is 8.52. The minimum Gasteiger partial charge on any atom is -0.497 e. The van der Waals surface area contributed by atoms with Gasteiger partial charge in [0.15, 0.2) is 0 Å². The Balaban J connectivity index is 1.43. The number of fused-ring (bicyclic) bond motifs is 2. The van der Waals surface area contributed by atoms with Crippen molar-refractivity contribution in [1.82, 2.24) is 15.0 Å². The lowest BCUT2D eigenvalue weighted by molar-refractivity contribution is 0.0868. The Morgan fingerprint density at radius 2 is 1.88 bits per heavy atom. The van der Waals surface area contributed by atoms with Crippen molar-refractivity contribution < 1.29 is 14.4 Å². The number of aromatic nitrogens is 2. The summed E-state index contributed by atoms with van der Waals surface area (Å²) in [5.41, 5.74) is 4.42. The van der Waals surface area contributed by atoms with E-state index in [2.05, 4.69) is 40.4 Å². The molecule has 3 aromatic rings. The molecule has 1 aromatic heterocycles. The summed E-state index contributed by atoms with van der Waals surface area (Å²) in [6, 6.07) is 16.2. The molecule has 1 atom stereocenters. The number of piperidine rings is 1. The number of nitrogens with zero attached hydrogens (tertiary/aromatic N) is 3. The van der Waals surface area contributed by atoms with Crippen LogP contribution in [-0.2, 0) is 5.41 Å². The average Bonchev–Trinajstić information content (AvgIpc) is 3.45. The molecule has 2 heterocycles. The Morgan fingerprint density at radius 1 is 1.12 bits per heavy atom. The van der Waals surface area contributed by atoms with Crippen molar-refractivity contribution in [3.05, 3.63) is 71.6 Å². The van der Waals surface area contributed by atoms with Crippen molar-refractivity contribution in [2.24, 2.45) is 0 Å². The highest BCUT2D eigenvalue weighted by Crippen LogP contribution is 2.48. The standard InChI is InChI=1S/C26H29N3O3/c1-3-19(30)17-29-14-12-26(13-15-29)16-22(21-6-4-5-7-23(21)26)25-27-24(28-32-25)18-8-10-20(31-2)11-9-18/h4-11,16,19,30H,3,12-15,17H2,1-2H3. The molecule has 0 amide bonds. The molecule has 6 nitrogen and oxygen atoms in total. The van der Waals surface area contributed by atoms with Crippen LogP contribution >= 0.6 is 0 Å². The normalized spacial score (nSPS) is 18.4. The maximum atomic E-state index is 10.1. The van der Waals surface area contributed by atoms with E-state index in [1.807, 2.05) is 31.2 Å². The topological polar surface area (TPSA) is 71.6 Å². The number of aliphatic hydroxyl groups excluding tert-OH is 1. The van der Waals surface area contributed by atoms with Crippen LogP contribution in [0, 0.1) is 0 Å². The first-order chi connectivity index (χ1) is 15.6. The highest BCUT2D eigenvalue weighted by Gasteiger charge is 2.42. The zero-order chi connectivity index (χ0) is 22.1. The summed E-state index contributed by atoms with van der Waals surface area (Å²) in [4.78, 5) is 7.11. The number of aliphatic hydroxyl groups is 1. The van der Waals surface area contributed by atoms with Crippen LogP contribution < -0.4 is 4.74 Å². The van der Waals surface area contributed by atoms with Gasteiger partial charge in [0, 0.05) is 23.1 Å². The number of benzene rings is 2. The molecular weight excluding hydrogens is 402 g/mol. The number of allylic oxidation sites excluding steroid dienone is 1. The van der Waals surface area contributed by atoms with Gasteiger partial charge in [-0.25, -0.2) is 0 Å². The minimum absolute atomic E-state index is 0.0195. The van der Waals surface area contributed by atoms with Crippen LogP contribution in [0.3, 0.4) is 0 Å². The molecule has 2 aromatic carbocycles. The maximum absolute atomic E-state index is 10.1. The van der Waals surface area contributed by atoms with Crippen LogP contribution in [-0.4, -0.2) is 53.0 Å². The Labute approximate surface area is 188 Å². The molecule has 0 radical (unpaired) electrons. The largest absolute Gasteiger partial charge is 0.497 e. The van der Waals surface area contributed by atoms with E-state index < -0.39 is 0 Å². The summed E-state index contributed by atoms with van der Waals surface area (Å²) < 4.78 is 11.0. The molecule has 1 saturated heterocycles. The fraction of sp³-hybridized carbons (Fsp3) is 0.385. The summed E-state index contributed by atoms with van der Waals surface area (Å²) in [6.07, 6.45) is 4.92. The number of likely N-dealkylation sites (tertiary alicyclic amines) is 1. The minimum atomic E-state index is -0.249. The van der Waals surface area contributed by atoms with Crippen LogP contribution in [0.15, 0.2) is 59.1 Å². The Morgan fingerprint density at radius 3 is 2.59 bits per heavy atom. The van der Waals surface area contributed by atoms with Gasteiger partial charge >= 0.3 is 0 Å². The van der Waals surface area contributed by atoms with E-state index >= 15 is 0 Å². The number of methoxy groups -OCH3 is 1. The SMILES string of the molecule is CCC(O)CN1CCC2(C=C(c3nc(-c4ccc(OC)cc4)no3)c3ccccc32)CC1. The van der Waals surface area contributed by atoms with Gasteiger partial charge < -0.3 is 19.3 Å². The zero-order valence-corrected chi connectivity index (χ0v) is 18.6. The highest BCUT2D eigenvalue weighted by atomic mass is 16.5. The van der Waals surface area contributed by atoms with Crippen molar-refractivity contribution in [2.75, 3.05) is 26.7 Å². The fourth-order valence-electron chi connectivity index (χ4n) is 4.93. The zero-order valence-electron chi connectivity index (χ0n) is 18.6. The molecule has 5 rings (SSSR count). The summed E-state index contributed by atoms with van der Waals surface area (Å²) >= 11 is 0. The lowest BCUT2D eigenvalue weighted by Gasteiger charge is -2.39. The van der Waals surface area contributed by atoms with Crippen LogP contribution in [0.1, 0.15) is 43.2 Å². The molecule has 1 aliphatic heterocycles. The number of hydrogen-bond acceptors (Lipinski definition) is 6. The quantitative estimate of drug-likeness (QED) is 0.628. The molecule has 166 valence electrons. The summed E-state index contributed by atoms with van der Waals surface area (Å²) in [6.45, 7) is 4.72. The lowest BCUT2D eigenvalue weighted by Crippen LogP contribution is -2.43. The number of hydrogen-bond donors (Lipinski definition) is 1. The second-order valence-electron chi connectivity index (χ2n) is 8.77. The third-order valence-corrected chi connectivity index (χ3v) is 6.87. The van der Waals surface area contributed by atoms with Gasteiger partial charge in [0.25, 0.3) is 5.89 Å². The van der Waals surface area contributed by atoms with E-state index in [4.69, 9.17) is 14.2 Å². The predicted molar refractivity (Wildman–Crippen MR) is 123 cm³/mol. The number of β-amino-alcohol motifs (C(OH)–C–C–N with tert-alkyl or cyclic N) is 1. The van der Waals surface area contributed by atoms with Crippen molar-refractivity contribution in [2.45, 2.75) is 37.7 Å². The Kier molecular flexibility index (Phi) is 5.57. The molecule has 0 bridgehead atoms. The van der Waals surface area contributed by atoms with E-state index in [1.165, 1.54) is 11.1 Å². The van der Waals surface area contributed by atoms with Crippen LogP contribution in [0.25, 0.3) is 17.0 Å². The molecule has 32 heavy (non-hydrogen) atoms. The molecule has 0 saturated carbocycles. The molecule has 1 unspecified atom stereocenters. The highest BCUT2D eigenvalue weighted by molar-refractivity contribution is 5.84. The molecular formula is C26H29N3O3. The van der Waals surface area contributed by atoms with Crippen LogP contribution in [0.4, 0.5) is 0 Å². The Bertz CT molecular complexity index is 1110. The van der Waals surface area contributed by atoms with Gasteiger partial charge in [-0.2, -0.15) is 4.98 Å². The first-order valence-electron chi connectivity index (χ1n) is 11.3. The average molecular weight is 432 g/mol. The molecule has 1 N–H and O–H groups in total. The van der Waals surface area contributed by atoms with E-state index in [0.29, 0.717) is 11.7 Å². The fourth-order valence-corrected chi connectivity index (χ4v) is 4.93. The van der Waals surface area contributed by atoms with Crippen molar-refractivity contribution in [3.63, 3.8) is 0 Å². The predicted octanol–water partition coefficient (Wildman–Crippen LogP) is 4.30. The van der Waals surface area contributed by atoms with Crippen LogP contribution in [0.5, 0.6) is 5.75 Å². The van der Waals surface area contributed by atoms with Gasteiger partial charge in [0.1, 0.15) is 5.75 Å². The van der Waals surface area contributed by atoms with E-state index in [1.54, 1.807) is 7.11 Å². The van der Waals surface area contributed by atoms with Crippen molar-refractivity contribution in [3.8, 4) is 17.1 Å². The van der Waals surface area contributed by atoms with E-state index in [0.717, 1.165) is 55.8 Å². The van der Waals surface area contributed by atoms with E-state index in [9.17, 15) is 5.11 Å². The second-order valence-corrected chi connectivity index (χ2v) is 8.77. The smallest absolute Gasteiger partial charge is 0.258 e. The first-order valence-corrected chi connectivity index (χ1v) is 11.3. The summed E-state index contributed by atoms with van der Waals surface area (Å²) in [5, 5.41) is 14.3. The molecule has 1 aliphatic carbocycles. The van der Waals surface area contributed by atoms with Gasteiger partial charge in [0.2, 0.25) is 5.82 Å². The first kappa shape index (κ1) is 20.9. The van der Waals surface area contributed by atoms with Crippen LogP contribution in [0.2, 0.25) is 0 Å². The van der Waals surface area contributed by atoms with Crippen molar-refractivity contribution >= 4 is 5.57 Å². The summed E-state index contributed by atoms with van der Waals surface area (Å²) in [5.74, 6) is 1.93. The number of rotatable bonds is 6. The van der Waals surface area contributed by atoms with Gasteiger partial charge in [-0.15, -0.1) is 0 Å². The molecule has 1 fully saturated rings. The maximum Gasteiger partial charge on any atom is 0.258 e.